The number of sulfonamides is 1. The number of amides is 1. The summed E-state index contributed by atoms with van der Waals surface area (Å²) < 4.78 is 32.7. The first-order valence-electron chi connectivity index (χ1n) is 8.75. The molecular formula is C19H20N2O4S2. The molecule has 2 heterocycles. The Morgan fingerprint density at radius 1 is 1.04 bits per heavy atom. The zero-order valence-corrected chi connectivity index (χ0v) is 16.3. The van der Waals surface area contributed by atoms with Crippen molar-refractivity contribution in [3.63, 3.8) is 0 Å². The van der Waals surface area contributed by atoms with Crippen molar-refractivity contribution in [2.75, 3.05) is 37.0 Å². The fourth-order valence-electron chi connectivity index (χ4n) is 3.22. The van der Waals surface area contributed by atoms with Crippen LogP contribution in [0, 0.1) is 0 Å². The number of nitrogens with zero attached hydrogens (tertiary/aromatic N) is 2. The average molecular weight is 405 g/mol. The molecule has 0 aliphatic carbocycles. The lowest BCUT2D eigenvalue weighted by Gasteiger charge is -2.30. The van der Waals surface area contributed by atoms with Crippen molar-refractivity contribution in [2.45, 2.75) is 16.3 Å². The summed E-state index contributed by atoms with van der Waals surface area (Å²) in [6.45, 7) is 1.92. The number of fused-ring (bicyclic) bond motifs is 1. The van der Waals surface area contributed by atoms with E-state index in [1.54, 1.807) is 23.1 Å². The third kappa shape index (κ3) is 3.75. The highest BCUT2D eigenvalue weighted by Gasteiger charge is 2.30. The molecule has 27 heavy (non-hydrogen) atoms. The molecule has 2 aliphatic heterocycles. The quantitative estimate of drug-likeness (QED) is 0.783. The summed E-state index contributed by atoms with van der Waals surface area (Å²) in [6.07, 6.45) is 0. The number of ether oxygens (including phenoxy) is 1. The normalized spacial score (nSPS) is 18.4. The molecule has 0 atom stereocenters. The summed E-state index contributed by atoms with van der Waals surface area (Å²) in [7, 11) is -3.60. The standard InChI is InChI=1S/C19H20N2O4S2/c22-19-14-26-18-7-6-16(27(23,24)20-8-10-25-11-9-20)12-17(18)21(19)13-15-4-2-1-3-5-15/h1-7,12H,8-11,13-14H2. The molecule has 2 aromatic carbocycles. The minimum absolute atomic E-state index is 0.0164. The highest BCUT2D eigenvalue weighted by molar-refractivity contribution is 8.00. The van der Waals surface area contributed by atoms with Crippen molar-refractivity contribution in [1.82, 2.24) is 4.31 Å². The Morgan fingerprint density at radius 3 is 2.52 bits per heavy atom. The monoisotopic (exact) mass is 404 g/mol. The van der Waals surface area contributed by atoms with Crippen LogP contribution in [0.15, 0.2) is 58.3 Å². The van der Waals surface area contributed by atoms with E-state index in [0.717, 1.165) is 10.5 Å². The van der Waals surface area contributed by atoms with Gasteiger partial charge in [-0.3, -0.25) is 4.79 Å². The lowest BCUT2D eigenvalue weighted by molar-refractivity contribution is -0.116. The van der Waals surface area contributed by atoms with Gasteiger partial charge in [-0.25, -0.2) is 8.42 Å². The van der Waals surface area contributed by atoms with Crippen LogP contribution in [0.3, 0.4) is 0 Å². The first-order chi connectivity index (χ1) is 13.1. The van der Waals surface area contributed by atoms with Crippen LogP contribution in [0.5, 0.6) is 0 Å². The SMILES string of the molecule is O=C1CSc2ccc(S(=O)(=O)N3CCOCC3)cc2N1Cc1ccccc1. The van der Waals surface area contributed by atoms with E-state index >= 15 is 0 Å². The van der Waals surface area contributed by atoms with E-state index in [4.69, 9.17) is 4.74 Å². The maximum atomic E-state index is 13.0. The second-order valence-electron chi connectivity index (χ2n) is 6.40. The molecule has 1 amide bonds. The van der Waals surface area contributed by atoms with Gasteiger partial charge in [-0.05, 0) is 23.8 Å². The molecule has 2 aromatic rings. The second-order valence-corrected chi connectivity index (χ2v) is 9.36. The Balaban J connectivity index is 1.69. The Kier molecular flexibility index (Phi) is 5.23. The summed E-state index contributed by atoms with van der Waals surface area (Å²) in [5, 5.41) is 0. The van der Waals surface area contributed by atoms with Gasteiger partial charge in [-0.15, -0.1) is 11.8 Å². The zero-order valence-electron chi connectivity index (χ0n) is 14.7. The van der Waals surface area contributed by atoms with Gasteiger partial charge in [0.15, 0.2) is 0 Å². The van der Waals surface area contributed by atoms with E-state index in [1.165, 1.54) is 16.1 Å². The Hall–Kier alpha value is -1.87. The molecular weight excluding hydrogens is 384 g/mol. The lowest BCUT2D eigenvalue weighted by atomic mass is 10.2. The number of hydrogen-bond donors (Lipinski definition) is 0. The number of thioether (sulfide) groups is 1. The number of benzene rings is 2. The third-order valence-electron chi connectivity index (χ3n) is 4.66. The van der Waals surface area contributed by atoms with Gasteiger partial charge in [0.25, 0.3) is 0 Å². The highest BCUT2D eigenvalue weighted by Crippen LogP contribution is 2.38. The van der Waals surface area contributed by atoms with Crippen LogP contribution in [0.4, 0.5) is 5.69 Å². The maximum absolute atomic E-state index is 13.0. The van der Waals surface area contributed by atoms with E-state index < -0.39 is 10.0 Å². The molecule has 1 fully saturated rings. The topological polar surface area (TPSA) is 66.9 Å². The number of anilines is 1. The predicted molar refractivity (Wildman–Crippen MR) is 104 cm³/mol. The molecule has 4 rings (SSSR count). The zero-order chi connectivity index (χ0) is 18.9. The van der Waals surface area contributed by atoms with Crippen LogP contribution in [0.1, 0.15) is 5.56 Å². The molecule has 0 N–H and O–H groups in total. The van der Waals surface area contributed by atoms with E-state index in [1.807, 2.05) is 30.3 Å². The molecule has 1 saturated heterocycles. The molecule has 142 valence electrons. The van der Waals surface area contributed by atoms with E-state index in [2.05, 4.69) is 0 Å². The summed E-state index contributed by atoms with van der Waals surface area (Å²) in [5.41, 5.74) is 1.67. The summed E-state index contributed by atoms with van der Waals surface area (Å²) in [4.78, 5) is 15.4. The molecule has 0 aromatic heterocycles. The van der Waals surface area contributed by atoms with Gasteiger partial charge in [0.05, 0.1) is 36.1 Å². The van der Waals surface area contributed by atoms with Gasteiger partial charge in [-0.1, -0.05) is 30.3 Å². The molecule has 0 spiro atoms. The summed E-state index contributed by atoms with van der Waals surface area (Å²) >= 11 is 1.45. The summed E-state index contributed by atoms with van der Waals surface area (Å²) in [6, 6.07) is 14.8. The maximum Gasteiger partial charge on any atom is 0.243 e. The van der Waals surface area contributed by atoms with Crippen molar-refractivity contribution < 1.29 is 17.9 Å². The van der Waals surface area contributed by atoms with Crippen molar-refractivity contribution in [1.29, 1.82) is 0 Å². The van der Waals surface area contributed by atoms with Crippen LogP contribution in [-0.2, 0) is 26.1 Å². The van der Waals surface area contributed by atoms with E-state index in [-0.39, 0.29) is 10.8 Å². The number of morpholine rings is 1. The largest absolute Gasteiger partial charge is 0.379 e. The fraction of sp³-hybridized carbons (Fsp3) is 0.316. The minimum Gasteiger partial charge on any atom is -0.379 e. The smallest absolute Gasteiger partial charge is 0.243 e. The van der Waals surface area contributed by atoms with Gasteiger partial charge >= 0.3 is 0 Å². The fourth-order valence-corrected chi connectivity index (χ4v) is 5.56. The molecule has 0 unspecified atom stereocenters. The highest BCUT2D eigenvalue weighted by atomic mass is 32.2. The van der Waals surface area contributed by atoms with Crippen LogP contribution in [0.2, 0.25) is 0 Å². The molecule has 2 aliphatic rings. The van der Waals surface area contributed by atoms with Gasteiger partial charge in [0.1, 0.15) is 0 Å². The van der Waals surface area contributed by atoms with Crippen molar-refractivity contribution in [3.8, 4) is 0 Å². The van der Waals surface area contributed by atoms with E-state index in [9.17, 15) is 13.2 Å². The average Bonchev–Trinajstić information content (AvgIpc) is 2.71. The molecule has 8 heteroatoms. The Labute approximate surface area is 163 Å². The van der Waals surface area contributed by atoms with Gasteiger partial charge in [0, 0.05) is 18.0 Å². The van der Waals surface area contributed by atoms with Crippen LogP contribution >= 0.6 is 11.8 Å². The van der Waals surface area contributed by atoms with Gasteiger partial charge in [-0.2, -0.15) is 4.31 Å². The predicted octanol–water partition coefficient (Wildman–Crippen LogP) is 2.35. The number of carbonyl (C=O) groups excluding carboxylic acids is 1. The Bertz CT molecular complexity index is 941. The molecule has 6 nitrogen and oxygen atoms in total. The van der Waals surface area contributed by atoms with Crippen LogP contribution < -0.4 is 4.90 Å². The minimum atomic E-state index is -3.60. The van der Waals surface area contributed by atoms with Crippen LogP contribution in [0.25, 0.3) is 0 Å². The molecule has 0 saturated carbocycles. The van der Waals surface area contributed by atoms with Crippen molar-refractivity contribution >= 4 is 33.4 Å². The number of carbonyl (C=O) groups is 1. The first kappa shape index (κ1) is 18.5. The number of rotatable bonds is 4. The van der Waals surface area contributed by atoms with Gasteiger partial charge < -0.3 is 9.64 Å². The molecule has 0 bridgehead atoms. The van der Waals surface area contributed by atoms with E-state index in [0.29, 0.717) is 44.3 Å². The second kappa shape index (κ2) is 7.63. The number of hydrogen-bond acceptors (Lipinski definition) is 5. The summed E-state index contributed by atoms with van der Waals surface area (Å²) in [5.74, 6) is 0.340. The lowest BCUT2D eigenvalue weighted by Crippen LogP contribution is -2.41. The Morgan fingerprint density at radius 2 is 1.78 bits per heavy atom. The van der Waals surface area contributed by atoms with Crippen molar-refractivity contribution in [2.24, 2.45) is 0 Å². The van der Waals surface area contributed by atoms with Gasteiger partial charge in [0.2, 0.25) is 15.9 Å². The first-order valence-corrected chi connectivity index (χ1v) is 11.2. The van der Waals surface area contributed by atoms with Crippen LogP contribution in [-0.4, -0.2) is 50.7 Å². The van der Waals surface area contributed by atoms with Crippen molar-refractivity contribution in [3.05, 3.63) is 54.1 Å². The third-order valence-corrected chi connectivity index (χ3v) is 7.61. The molecule has 0 radical (unpaired) electrons.